The number of benzene rings is 2. The highest BCUT2D eigenvalue weighted by molar-refractivity contribution is 6.31. The molecule has 0 aliphatic heterocycles. The molecular formula is C15H13ClF3N. The fourth-order valence-electron chi connectivity index (χ4n) is 2.14. The van der Waals surface area contributed by atoms with E-state index in [4.69, 9.17) is 17.3 Å². The van der Waals surface area contributed by atoms with Crippen molar-refractivity contribution < 1.29 is 13.2 Å². The molecule has 0 aliphatic rings. The molecular weight excluding hydrogens is 287 g/mol. The van der Waals surface area contributed by atoms with Gasteiger partial charge in [-0.2, -0.15) is 0 Å². The van der Waals surface area contributed by atoms with Gasteiger partial charge in [-0.15, -0.1) is 0 Å². The van der Waals surface area contributed by atoms with Gasteiger partial charge < -0.3 is 5.73 Å². The predicted molar refractivity (Wildman–Crippen MR) is 73.3 cm³/mol. The van der Waals surface area contributed by atoms with Crippen LogP contribution in [-0.2, 0) is 0 Å². The van der Waals surface area contributed by atoms with Crippen LogP contribution in [0.4, 0.5) is 13.2 Å². The average molecular weight is 300 g/mol. The van der Waals surface area contributed by atoms with Gasteiger partial charge in [-0.3, -0.25) is 0 Å². The number of halogens is 4. The van der Waals surface area contributed by atoms with Gasteiger partial charge in [0.1, 0.15) is 17.5 Å². The summed E-state index contributed by atoms with van der Waals surface area (Å²) in [5.41, 5.74) is 7.62. The quantitative estimate of drug-likeness (QED) is 0.872. The highest BCUT2D eigenvalue weighted by Crippen LogP contribution is 2.30. The van der Waals surface area contributed by atoms with Crippen molar-refractivity contribution in [1.29, 1.82) is 0 Å². The molecule has 0 radical (unpaired) electrons. The second kappa shape index (κ2) is 5.46. The molecule has 0 aliphatic carbocycles. The first-order valence-corrected chi connectivity index (χ1v) is 6.35. The van der Waals surface area contributed by atoms with Crippen LogP contribution in [0.15, 0.2) is 24.3 Å². The standard InChI is InChI=1S/C15H13ClF3N/c1-7-4-11(16)8(2)3-10(7)15(20)14-12(18)5-9(17)6-13(14)19/h3-6,15H,20H2,1-2H3. The topological polar surface area (TPSA) is 26.0 Å². The van der Waals surface area contributed by atoms with Crippen molar-refractivity contribution in [3.63, 3.8) is 0 Å². The summed E-state index contributed by atoms with van der Waals surface area (Å²) < 4.78 is 40.5. The molecule has 106 valence electrons. The summed E-state index contributed by atoms with van der Waals surface area (Å²) >= 11 is 5.98. The van der Waals surface area contributed by atoms with Crippen molar-refractivity contribution in [2.75, 3.05) is 0 Å². The Morgan fingerprint density at radius 3 is 2.05 bits per heavy atom. The Kier molecular flexibility index (Phi) is 4.06. The molecule has 0 fully saturated rings. The van der Waals surface area contributed by atoms with E-state index in [-0.39, 0.29) is 5.56 Å². The van der Waals surface area contributed by atoms with E-state index in [1.807, 2.05) is 0 Å². The van der Waals surface area contributed by atoms with E-state index in [2.05, 4.69) is 0 Å². The van der Waals surface area contributed by atoms with Gasteiger partial charge in [-0.05, 0) is 36.6 Å². The minimum Gasteiger partial charge on any atom is -0.320 e. The highest BCUT2D eigenvalue weighted by atomic mass is 35.5. The zero-order chi connectivity index (χ0) is 15.0. The van der Waals surface area contributed by atoms with Crippen LogP contribution >= 0.6 is 11.6 Å². The molecule has 0 spiro atoms. The van der Waals surface area contributed by atoms with Crippen LogP contribution in [0.2, 0.25) is 5.02 Å². The number of aryl methyl sites for hydroxylation is 2. The van der Waals surface area contributed by atoms with Crippen molar-refractivity contribution in [2.24, 2.45) is 5.73 Å². The molecule has 1 nitrogen and oxygen atoms in total. The van der Waals surface area contributed by atoms with E-state index in [0.717, 1.165) is 11.1 Å². The van der Waals surface area contributed by atoms with Crippen LogP contribution in [-0.4, -0.2) is 0 Å². The van der Waals surface area contributed by atoms with E-state index in [1.54, 1.807) is 26.0 Å². The third kappa shape index (κ3) is 2.67. The fraction of sp³-hybridized carbons (Fsp3) is 0.200. The zero-order valence-corrected chi connectivity index (χ0v) is 11.7. The number of rotatable bonds is 2. The third-order valence-corrected chi connectivity index (χ3v) is 3.64. The lowest BCUT2D eigenvalue weighted by Gasteiger charge is -2.18. The summed E-state index contributed by atoms with van der Waals surface area (Å²) in [6.45, 7) is 3.52. The molecule has 5 heteroatoms. The Morgan fingerprint density at radius 1 is 0.950 bits per heavy atom. The van der Waals surface area contributed by atoms with Gasteiger partial charge >= 0.3 is 0 Å². The second-order valence-corrected chi connectivity index (χ2v) is 5.13. The summed E-state index contributed by atoms with van der Waals surface area (Å²) in [6.07, 6.45) is 0. The average Bonchev–Trinajstić information content (AvgIpc) is 2.32. The lowest BCUT2D eigenvalue weighted by Crippen LogP contribution is -2.17. The van der Waals surface area contributed by atoms with Gasteiger partial charge in [0.05, 0.1) is 6.04 Å². The molecule has 20 heavy (non-hydrogen) atoms. The van der Waals surface area contributed by atoms with E-state index < -0.39 is 23.5 Å². The van der Waals surface area contributed by atoms with Gasteiger partial charge in [0.25, 0.3) is 0 Å². The SMILES string of the molecule is Cc1cc(C(N)c2c(F)cc(F)cc2F)c(C)cc1Cl. The monoisotopic (exact) mass is 299 g/mol. The van der Waals surface area contributed by atoms with E-state index in [9.17, 15) is 13.2 Å². The highest BCUT2D eigenvalue weighted by Gasteiger charge is 2.21. The van der Waals surface area contributed by atoms with Crippen LogP contribution < -0.4 is 5.73 Å². The lowest BCUT2D eigenvalue weighted by atomic mass is 9.93. The van der Waals surface area contributed by atoms with Gasteiger partial charge in [0.2, 0.25) is 0 Å². The van der Waals surface area contributed by atoms with Crippen molar-refractivity contribution in [1.82, 2.24) is 0 Å². The van der Waals surface area contributed by atoms with E-state index >= 15 is 0 Å². The van der Waals surface area contributed by atoms with Crippen molar-refractivity contribution >= 4 is 11.6 Å². The van der Waals surface area contributed by atoms with E-state index in [0.29, 0.717) is 22.7 Å². The van der Waals surface area contributed by atoms with Crippen LogP contribution in [0.3, 0.4) is 0 Å². The van der Waals surface area contributed by atoms with Crippen LogP contribution in [0, 0.1) is 31.3 Å². The van der Waals surface area contributed by atoms with Crippen molar-refractivity contribution in [3.05, 3.63) is 69.0 Å². The molecule has 0 aromatic heterocycles. The summed E-state index contributed by atoms with van der Waals surface area (Å²) in [7, 11) is 0. The molecule has 0 saturated carbocycles. The van der Waals surface area contributed by atoms with E-state index in [1.165, 1.54) is 0 Å². The van der Waals surface area contributed by atoms with Crippen LogP contribution in [0.25, 0.3) is 0 Å². The maximum absolute atomic E-state index is 13.8. The van der Waals surface area contributed by atoms with Crippen LogP contribution in [0.5, 0.6) is 0 Å². The molecule has 2 rings (SSSR count). The number of hydrogen-bond donors (Lipinski definition) is 1. The maximum Gasteiger partial charge on any atom is 0.134 e. The molecule has 0 saturated heterocycles. The first-order valence-electron chi connectivity index (χ1n) is 5.98. The molecule has 0 bridgehead atoms. The van der Waals surface area contributed by atoms with Gasteiger partial charge in [0.15, 0.2) is 0 Å². The molecule has 1 atom stereocenters. The lowest BCUT2D eigenvalue weighted by molar-refractivity contribution is 0.514. The minimum absolute atomic E-state index is 0.351. The minimum atomic E-state index is -1.02. The smallest absolute Gasteiger partial charge is 0.134 e. The summed E-state index contributed by atoms with van der Waals surface area (Å²) in [6, 6.07) is 3.59. The molecule has 0 amide bonds. The number of hydrogen-bond acceptors (Lipinski definition) is 1. The Morgan fingerprint density at radius 2 is 1.50 bits per heavy atom. The second-order valence-electron chi connectivity index (χ2n) is 4.72. The third-order valence-electron chi connectivity index (χ3n) is 3.24. The molecule has 0 heterocycles. The van der Waals surface area contributed by atoms with Gasteiger partial charge in [0, 0.05) is 22.7 Å². The molecule has 1 unspecified atom stereocenters. The molecule has 2 aromatic rings. The molecule has 2 N–H and O–H groups in total. The van der Waals surface area contributed by atoms with Crippen molar-refractivity contribution in [2.45, 2.75) is 19.9 Å². The molecule has 2 aromatic carbocycles. The van der Waals surface area contributed by atoms with Crippen molar-refractivity contribution in [3.8, 4) is 0 Å². The summed E-state index contributed by atoms with van der Waals surface area (Å²) in [5.74, 6) is -2.97. The Labute approximate surface area is 120 Å². The Balaban J connectivity index is 2.57. The maximum atomic E-state index is 13.8. The first kappa shape index (κ1) is 14.9. The van der Waals surface area contributed by atoms with Gasteiger partial charge in [-0.25, -0.2) is 13.2 Å². The predicted octanol–water partition coefficient (Wildman–Crippen LogP) is 4.42. The summed E-state index contributed by atoms with van der Waals surface area (Å²) in [4.78, 5) is 0. The first-order chi connectivity index (χ1) is 9.31. The normalized spacial score (nSPS) is 12.6. The van der Waals surface area contributed by atoms with Gasteiger partial charge in [-0.1, -0.05) is 17.7 Å². The zero-order valence-electron chi connectivity index (χ0n) is 11.0. The number of nitrogens with two attached hydrogens (primary N) is 1. The largest absolute Gasteiger partial charge is 0.320 e. The Hall–Kier alpha value is -1.52. The van der Waals surface area contributed by atoms with Crippen LogP contribution in [0.1, 0.15) is 28.3 Å². The fourth-order valence-corrected chi connectivity index (χ4v) is 2.36. The summed E-state index contributed by atoms with van der Waals surface area (Å²) in [5, 5.41) is 0.554. The Bertz CT molecular complexity index is 647.